The Morgan fingerprint density at radius 1 is 1.11 bits per heavy atom. The van der Waals surface area contributed by atoms with Gasteiger partial charge in [0.1, 0.15) is 5.75 Å². The van der Waals surface area contributed by atoms with Crippen molar-refractivity contribution < 1.29 is 4.74 Å². The highest BCUT2D eigenvalue weighted by Crippen LogP contribution is 2.15. The fourth-order valence-corrected chi connectivity index (χ4v) is 2.09. The van der Waals surface area contributed by atoms with E-state index in [0.29, 0.717) is 6.04 Å². The van der Waals surface area contributed by atoms with E-state index in [9.17, 15) is 0 Å². The van der Waals surface area contributed by atoms with Crippen LogP contribution in [-0.2, 0) is 6.42 Å². The first-order valence-electron chi connectivity index (χ1n) is 7.14. The molecule has 0 heterocycles. The molecule has 1 aromatic rings. The average molecular weight is 249 g/mol. The standard InChI is InChI=1S/C16H27NO/c1-5-15(17-6-2)10-7-14-8-11-16(12-9-14)18-13(3)4/h8-9,11-13,15,17H,5-7,10H2,1-4H3. The van der Waals surface area contributed by atoms with Gasteiger partial charge in [0.05, 0.1) is 6.10 Å². The number of hydrogen-bond donors (Lipinski definition) is 1. The SMILES string of the molecule is CCNC(CC)CCc1ccc(OC(C)C)cc1. The summed E-state index contributed by atoms with van der Waals surface area (Å²) in [7, 11) is 0. The van der Waals surface area contributed by atoms with Gasteiger partial charge in [0, 0.05) is 6.04 Å². The third-order valence-electron chi connectivity index (χ3n) is 3.06. The average Bonchev–Trinajstić information content (AvgIpc) is 2.35. The maximum atomic E-state index is 5.64. The van der Waals surface area contributed by atoms with E-state index >= 15 is 0 Å². The second-order valence-electron chi connectivity index (χ2n) is 5.01. The molecule has 0 aliphatic rings. The van der Waals surface area contributed by atoms with Crippen LogP contribution >= 0.6 is 0 Å². The van der Waals surface area contributed by atoms with E-state index in [0.717, 1.165) is 18.7 Å². The Morgan fingerprint density at radius 2 is 1.78 bits per heavy atom. The lowest BCUT2D eigenvalue weighted by molar-refractivity contribution is 0.242. The summed E-state index contributed by atoms with van der Waals surface area (Å²) < 4.78 is 5.64. The third-order valence-corrected chi connectivity index (χ3v) is 3.06. The van der Waals surface area contributed by atoms with Crippen LogP contribution in [0.25, 0.3) is 0 Å². The van der Waals surface area contributed by atoms with Crippen LogP contribution in [0.1, 0.15) is 46.1 Å². The number of hydrogen-bond acceptors (Lipinski definition) is 2. The Morgan fingerprint density at radius 3 is 2.28 bits per heavy atom. The number of rotatable bonds is 8. The van der Waals surface area contributed by atoms with Crippen molar-refractivity contribution in [3.05, 3.63) is 29.8 Å². The molecule has 1 atom stereocenters. The Kier molecular flexibility index (Phi) is 6.81. The van der Waals surface area contributed by atoms with E-state index in [-0.39, 0.29) is 6.10 Å². The zero-order valence-corrected chi connectivity index (χ0v) is 12.2. The molecule has 1 N–H and O–H groups in total. The number of benzene rings is 1. The summed E-state index contributed by atoms with van der Waals surface area (Å²) in [5, 5.41) is 3.52. The van der Waals surface area contributed by atoms with Gasteiger partial charge in [-0.05, 0) is 57.4 Å². The van der Waals surface area contributed by atoms with Crippen LogP contribution in [0, 0.1) is 0 Å². The van der Waals surface area contributed by atoms with E-state index in [1.165, 1.54) is 18.4 Å². The molecule has 0 spiro atoms. The molecule has 2 heteroatoms. The van der Waals surface area contributed by atoms with E-state index < -0.39 is 0 Å². The summed E-state index contributed by atoms with van der Waals surface area (Å²) in [6.07, 6.45) is 3.78. The van der Waals surface area contributed by atoms with E-state index in [1.807, 2.05) is 0 Å². The van der Waals surface area contributed by atoms with Gasteiger partial charge in [-0.3, -0.25) is 0 Å². The van der Waals surface area contributed by atoms with Gasteiger partial charge in [0.15, 0.2) is 0 Å². The number of ether oxygens (including phenoxy) is 1. The highest BCUT2D eigenvalue weighted by atomic mass is 16.5. The minimum absolute atomic E-state index is 0.245. The van der Waals surface area contributed by atoms with Crippen LogP contribution in [0.15, 0.2) is 24.3 Å². The maximum Gasteiger partial charge on any atom is 0.119 e. The van der Waals surface area contributed by atoms with Gasteiger partial charge in [-0.25, -0.2) is 0 Å². The molecular formula is C16H27NO. The van der Waals surface area contributed by atoms with Crippen LogP contribution < -0.4 is 10.1 Å². The smallest absolute Gasteiger partial charge is 0.119 e. The van der Waals surface area contributed by atoms with Crippen LogP contribution in [0.2, 0.25) is 0 Å². The molecule has 0 aliphatic heterocycles. The summed E-state index contributed by atoms with van der Waals surface area (Å²) in [5.41, 5.74) is 1.39. The van der Waals surface area contributed by atoms with E-state index in [1.54, 1.807) is 0 Å². The van der Waals surface area contributed by atoms with Gasteiger partial charge in [0.25, 0.3) is 0 Å². The molecule has 0 bridgehead atoms. The summed E-state index contributed by atoms with van der Waals surface area (Å²) in [6.45, 7) is 9.57. The summed E-state index contributed by atoms with van der Waals surface area (Å²) in [4.78, 5) is 0. The first-order valence-corrected chi connectivity index (χ1v) is 7.14. The Hall–Kier alpha value is -1.02. The van der Waals surface area contributed by atoms with Crippen molar-refractivity contribution >= 4 is 0 Å². The Balaban J connectivity index is 2.43. The van der Waals surface area contributed by atoms with E-state index in [2.05, 4.69) is 57.3 Å². The van der Waals surface area contributed by atoms with Crippen LogP contribution in [0.5, 0.6) is 5.75 Å². The molecule has 0 saturated heterocycles. The van der Waals surface area contributed by atoms with Crippen molar-refractivity contribution in [2.45, 2.75) is 59.1 Å². The molecule has 0 aromatic heterocycles. The summed E-state index contributed by atoms with van der Waals surface area (Å²) in [5.74, 6) is 0.965. The van der Waals surface area contributed by atoms with Crippen molar-refractivity contribution in [1.29, 1.82) is 0 Å². The predicted octanol–water partition coefficient (Wildman–Crippen LogP) is 3.79. The largest absolute Gasteiger partial charge is 0.491 e. The lowest BCUT2D eigenvalue weighted by Crippen LogP contribution is -2.28. The Bertz CT molecular complexity index is 318. The minimum Gasteiger partial charge on any atom is -0.491 e. The molecule has 0 fully saturated rings. The van der Waals surface area contributed by atoms with Crippen molar-refractivity contribution in [3.8, 4) is 5.75 Å². The molecule has 1 unspecified atom stereocenters. The second kappa shape index (κ2) is 8.15. The van der Waals surface area contributed by atoms with Gasteiger partial charge in [0.2, 0.25) is 0 Å². The fourth-order valence-electron chi connectivity index (χ4n) is 2.09. The van der Waals surface area contributed by atoms with Gasteiger partial charge >= 0.3 is 0 Å². The lowest BCUT2D eigenvalue weighted by Gasteiger charge is -2.15. The zero-order chi connectivity index (χ0) is 13.4. The normalized spacial score (nSPS) is 12.7. The monoisotopic (exact) mass is 249 g/mol. The van der Waals surface area contributed by atoms with Crippen molar-refractivity contribution in [1.82, 2.24) is 5.32 Å². The molecule has 1 aromatic carbocycles. The molecule has 2 nitrogen and oxygen atoms in total. The van der Waals surface area contributed by atoms with Crippen LogP contribution in [-0.4, -0.2) is 18.7 Å². The third kappa shape index (κ3) is 5.54. The predicted molar refractivity (Wildman–Crippen MR) is 78.3 cm³/mol. The molecule has 0 saturated carbocycles. The molecule has 0 aliphatic carbocycles. The fraction of sp³-hybridized carbons (Fsp3) is 0.625. The van der Waals surface area contributed by atoms with Crippen LogP contribution in [0.4, 0.5) is 0 Å². The Labute approximate surface area is 112 Å². The molecule has 18 heavy (non-hydrogen) atoms. The molecular weight excluding hydrogens is 222 g/mol. The topological polar surface area (TPSA) is 21.3 Å². The molecule has 0 radical (unpaired) electrons. The molecule has 102 valence electrons. The number of aryl methyl sites for hydroxylation is 1. The zero-order valence-electron chi connectivity index (χ0n) is 12.2. The molecule has 0 amide bonds. The summed E-state index contributed by atoms with van der Waals surface area (Å²) in [6, 6.07) is 9.14. The van der Waals surface area contributed by atoms with E-state index in [4.69, 9.17) is 4.74 Å². The highest BCUT2D eigenvalue weighted by molar-refractivity contribution is 5.27. The van der Waals surface area contributed by atoms with Gasteiger partial charge < -0.3 is 10.1 Å². The van der Waals surface area contributed by atoms with Gasteiger partial charge in [-0.15, -0.1) is 0 Å². The van der Waals surface area contributed by atoms with Crippen molar-refractivity contribution in [2.24, 2.45) is 0 Å². The highest BCUT2D eigenvalue weighted by Gasteiger charge is 2.05. The van der Waals surface area contributed by atoms with Gasteiger partial charge in [-0.2, -0.15) is 0 Å². The quantitative estimate of drug-likeness (QED) is 0.756. The minimum atomic E-state index is 0.245. The van der Waals surface area contributed by atoms with Crippen molar-refractivity contribution in [2.75, 3.05) is 6.54 Å². The maximum absolute atomic E-state index is 5.64. The molecule has 1 rings (SSSR count). The van der Waals surface area contributed by atoms with Crippen LogP contribution in [0.3, 0.4) is 0 Å². The first-order chi connectivity index (χ1) is 8.65. The summed E-state index contributed by atoms with van der Waals surface area (Å²) >= 11 is 0. The lowest BCUT2D eigenvalue weighted by atomic mass is 10.0. The van der Waals surface area contributed by atoms with Gasteiger partial charge in [-0.1, -0.05) is 26.0 Å². The number of nitrogens with one attached hydrogen (secondary N) is 1. The second-order valence-corrected chi connectivity index (χ2v) is 5.01. The first kappa shape index (κ1) is 15.0. The van der Waals surface area contributed by atoms with Crippen molar-refractivity contribution in [3.63, 3.8) is 0 Å².